The van der Waals surface area contributed by atoms with Gasteiger partial charge in [-0.3, -0.25) is 4.90 Å². The van der Waals surface area contributed by atoms with Gasteiger partial charge in [-0.05, 0) is 31.3 Å². The molecule has 1 saturated heterocycles. The number of benzene rings is 1. The number of anilines is 4. The second-order valence-corrected chi connectivity index (χ2v) is 7.11. The molecule has 4 rings (SSSR count). The SMILES string of the molecule is C#CCN1C(=O)NCc2cnc(Nc3ccc(N4CCN(C)CC4)cc3)cc21. The van der Waals surface area contributed by atoms with Gasteiger partial charge in [0.05, 0.1) is 12.2 Å². The van der Waals surface area contributed by atoms with E-state index in [9.17, 15) is 4.79 Å². The van der Waals surface area contributed by atoms with E-state index in [0.29, 0.717) is 12.4 Å². The van der Waals surface area contributed by atoms with Gasteiger partial charge in [0, 0.05) is 61.9 Å². The van der Waals surface area contributed by atoms with Gasteiger partial charge in [-0.1, -0.05) is 5.92 Å². The zero-order valence-electron chi connectivity index (χ0n) is 16.0. The fourth-order valence-corrected chi connectivity index (χ4v) is 3.52. The monoisotopic (exact) mass is 376 g/mol. The molecular weight excluding hydrogens is 352 g/mol. The molecule has 1 aromatic carbocycles. The summed E-state index contributed by atoms with van der Waals surface area (Å²) in [4.78, 5) is 22.9. The molecule has 2 aliphatic heterocycles. The van der Waals surface area contributed by atoms with Crippen molar-refractivity contribution in [1.29, 1.82) is 0 Å². The van der Waals surface area contributed by atoms with Crippen molar-refractivity contribution in [3.8, 4) is 12.3 Å². The first-order valence-corrected chi connectivity index (χ1v) is 9.42. The van der Waals surface area contributed by atoms with Crippen LogP contribution in [0.5, 0.6) is 0 Å². The van der Waals surface area contributed by atoms with Gasteiger partial charge >= 0.3 is 6.03 Å². The lowest BCUT2D eigenvalue weighted by Crippen LogP contribution is -2.44. The Kier molecular flexibility index (Phi) is 5.04. The topological polar surface area (TPSA) is 63.7 Å². The van der Waals surface area contributed by atoms with Crippen molar-refractivity contribution in [3.05, 3.63) is 42.1 Å². The predicted molar refractivity (Wildman–Crippen MR) is 112 cm³/mol. The van der Waals surface area contributed by atoms with Crippen molar-refractivity contribution >= 4 is 28.9 Å². The number of terminal acetylenes is 1. The Labute approximate surface area is 165 Å². The van der Waals surface area contributed by atoms with Gasteiger partial charge < -0.3 is 20.4 Å². The highest BCUT2D eigenvalue weighted by Crippen LogP contribution is 2.28. The van der Waals surface area contributed by atoms with Crippen molar-refractivity contribution in [2.45, 2.75) is 6.54 Å². The highest BCUT2D eigenvalue weighted by atomic mass is 16.2. The number of likely N-dealkylation sites (N-methyl/N-ethyl adjacent to an activating group) is 1. The van der Waals surface area contributed by atoms with Crippen molar-refractivity contribution in [2.75, 3.05) is 54.9 Å². The molecule has 0 unspecified atom stereocenters. The number of nitrogens with zero attached hydrogens (tertiary/aromatic N) is 4. The third kappa shape index (κ3) is 3.73. The summed E-state index contributed by atoms with van der Waals surface area (Å²) in [5.41, 5.74) is 3.93. The Balaban J connectivity index is 1.49. The quantitative estimate of drug-likeness (QED) is 0.802. The minimum Gasteiger partial charge on any atom is -0.369 e. The first-order chi connectivity index (χ1) is 13.6. The predicted octanol–water partition coefficient (Wildman–Crippen LogP) is 2.24. The van der Waals surface area contributed by atoms with Crippen LogP contribution in [-0.4, -0.2) is 55.7 Å². The molecule has 1 fully saturated rings. The van der Waals surface area contributed by atoms with Gasteiger partial charge in [-0.2, -0.15) is 0 Å². The van der Waals surface area contributed by atoms with Crippen LogP contribution >= 0.6 is 0 Å². The maximum atomic E-state index is 12.1. The molecular formula is C21H24N6O. The number of rotatable bonds is 4. The number of carbonyl (C=O) groups is 1. The fourth-order valence-electron chi connectivity index (χ4n) is 3.52. The lowest BCUT2D eigenvalue weighted by atomic mass is 10.1. The van der Waals surface area contributed by atoms with Crippen LogP contribution < -0.4 is 20.4 Å². The number of amides is 2. The molecule has 2 N–H and O–H groups in total. The maximum Gasteiger partial charge on any atom is 0.323 e. The summed E-state index contributed by atoms with van der Waals surface area (Å²) in [6.45, 7) is 4.94. The summed E-state index contributed by atoms with van der Waals surface area (Å²) in [5, 5.41) is 6.13. The van der Waals surface area contributed by atoms with Crippen LogP contribution in [0.3, 0.4) is 0 Å². The van der Waals surface area contributed by atoms with E-state index in [0.717, 1.165) is 43.1 Å². The molecule has 0 bridgehead atoms. The molecule has 0 radical (unpaired) electrons. The van der Waals surface area contributed by atoms with Crippen LogP contribution in [0, 0.1) is 12.3 Å². The van der Waals surface area contributed by atoms with E-state index in [1.165, 1.54) is 5.69 Å². The molecule has 0 atom stereocenters. The van der Waals surface area contributed by atoms with Crippen molar-refractivity contribution in [1.82, 2.24) is 15.2 Å². The number of hydrogen-bond acceptors (Lipinski definition) is 5. The molecule has 0 spiro atoms. The Bertz CT molecular complexity index is 896. The van der Waals surface area contributed by atoms with E-state index in [1.54, 1.807) is 11.1 Å². The van der Waals surface area contributed by atoms with E-state index in [2.05, 4.69) is 62.7 Å². The summed E-state index contributed by atoms with van der Waals surface area (Å²) in [6.07, 6.45) is 7.19. The van der Waals surface area contributed by atoms with Gasteiger partial charge in [0.1, 0.15) is 5.82 Å². The standard InChI is InChI=1S/C21H24N6O/c1-3-8-27-19-13-20(22-14-16(19)15-23-21(27)28)24-17-4-6-18(7-5-17)26-11-9-25(2)10-12-26/h1,4-7,13-14H,8-12,15H2,2H3,(H,22,24)(H,23,28). The molecule has 1 aromatic heterocycles. The zero-order chi connectivity index (χ0) is 19.5. The zero-order valence-corrected chi connectivity index (χ0v) is 16.0. The highest BCUT2D eigenvalue weighted by molar-refractivity contribution is 5.95. The summed E-state index contributed by atoms with van der Waals surface area (Å²) in [7, 11) is 2.16. The van der Waals surface area contributed by atoms with Gasteiger partial charge in [-0.25, -0.2) is 9.78 Å². The molecule has 144 valence electrons. The lowest BCUT2D eigenvalue weighted by Gasteiger charge is -2.34. The Hall–Kier alpha value is -3.24. The molecule has 2 aliphatic rings. The molecule has 2 amide bonds. The smallest absolute Gasteiger partial charge is 0.323 e. The van der Waals surface area contributed by atoms with Crippen LogP contribution in [0.2, 0.25) is 0 Å². The Morgan fingerprint density at radius 3 is 2.68 bits per heavy atom. The van der Waals surface area contributed by atoms with Crippen LogP contribution in [-0.2, 0) is 6.54 Å². The number of nitrogens with one attached hydrogen (secondary N) is 2. The first-order valence-electron chi connectivity index (χ1n) is 9.42. The van der Waals surface area contributed by atoms with Crippen LogP contribution in [0.25, 0.3) is 0 Å². The molecule has 28 heavy (non-hydrogen) atoms. The van der Waals surface area contributed by atoms with Crippen molar-refractivity contribution in [3.63, 3.8) is 0 Å². The van der Waals surface area contributed by atoms with Crippen LogP contribution in [0.4, 0.5) is 27.7 Å². The molecule has 0 aliphatic carbocycles. The largest absolute Gasteiger partial charge is 0.369 e. The number of aromatic nitrogens is 1. The lowest BCUT2D eigenvalue weighted by molar-refractivity contribution is 0.245. The Morgan fingerprint density at radius 1 is 1.21 bits per heavy atom. The third-order valence-corrected chi connectivity index (χ3v) is 5.19. The summed E-state index contributed by atoms with van der Waals surface area (Å²) in [6, 6.07) is 10.1. The van der Waals surface area contributed by atoms with Crippen LogP contribution in [0.15, 0.2) is 36.5 Å². The van der Waals surface area contributed by atoms with Gasteiger partial charge in [0.2, 0.25) is 0 Å². The van der Waals surface area contributed by atoms with E-state index in [4.69, 9.17) is 6.42 Å². The Morgan fingerprint density at radius 2 is 1.96 bits per heavy atom. The normalized spacial score (nSPS) is 16.9. The van der Waals surface area contributed by atoms with Crippen molar-refractivity contribution in [2.24, 2.45) is 0 Å². The van der Waals surface area contributed by atoms with E-state index >= 15 is 0 Å². The number of pyridine rings is 1. The molecule has 0 saturated carbocycles. The first kappa shape index (κ1) is 18.1. The number of piperazine rings is 1. The highest BCUT2D eigenvalue weighted by Gasteiger charge is 2.23. The van der Waals surface area contributed by atoms with E-state index < -0.39 is 0 Å². The molecule has 7 heteroatoms. The average molecular weight is 376 g/mol. The third-order valence-electron chi connectivity index (χ3n) is 5.19. The minimum atomic E-state index is -0.181. The van der Waals surface area contributed by atoms with Crippen molar-refractivity contribution < 1.29 is 4.79 Å². The number of urea groups is 1. The second kappa shape index (κ2) is 7.79. The fraction of sp³-hybridized carbons (Fsp3) is 0.333. The summed E-state index contributed by atoms with van der Waals surface area (Å²) < 4.78 is 0. The number of hydrogen-bond donors (Lipinski definition) is 2. The van der Waals surface area contributed by atoms with Crippen LogP contribution in [0.1, 0.15) is 5.56 Å². The summed E-state index contributed by atoms with van der Waals surface area (Å²) >= 11 is 0. The van der Waals surface area contributed by atoms with E-state index in [-0.39, 0.29) is 12.6 Å². The van der Waals surface area contributed by atoms with Gasteiger partial charge in [-0.15, -0.1) is 6.42 Å². The van der Waals surface area contributed by atoms with Gasteiger partial charge in [0.25, 0.3) is 0 Å². The number of carbonyl (C=O) groups excluding carboxylic acids is 1. The average Bonchev–Trinajstić information content (AvgIpc) is 2.72. The maximum absolute atomic E-state index is 12.1. The number of fused-ring (bicyclic) bond motifs is 1. The minimum absolute atomic E-state index is 0.181. The van der Waals surface area contributed by atoms with E-state index in [1.807, 2.05) is 6.07 Å². The molecule has 3 heterocycles. The van der Waals surface area contributed by atoms with Gasteiger partial charge in [0.15, 0.2) is 0 Å². The molecule has 2 aromatic rings. The second-order valence-electron chi connectivity index (χ2n) is 7.11. The molecule has 7 nitrogen and oxygen atoms in total. The summed E-state index contributed by atoms with van der Waals surface area (Å²) in [5.74, 6) is 3.22.